The van der Waals surface area contributed by atoms with Crippen LogP contribution in [0.5, 0.6) is 0 Å². The Hall–Kier alpha value is -2.46. The van der Waals surface area contributed by atoms with Crippen LogP contribution < -0.4 is 10.2 Å². The van der Waals surface area contributed by atoms with Gasteiger partial charge in [0.2, 0.25) is 16.9 Å². The summed E-state index contributed by atoms with van der Waals surface area (Å²) in [4.78, 5) is 40.6. The lowest BCUT2D eigenvalue weighted by Gasteiger charge is -2.19. The van der Waals surface area contributed by atoms with Crippen molar-refractivity contribution in [2.75, 3.05) is 29.1 Å². The molecule has 1 aromatic carbocycles. The molecule has 10 heteroatoms. The predicted octanol–water partition coefficient (Wildman–Crippen LogP) is 3.66. The van der Waals surface area contributed by atoms with Gasteiger partial charge in [-0.15, -0.1) is 10.2 Å². The Bertz CT molecular complexity index is 941. The second-order valence-electron chi connectivity index (χ2n) is 7.09. The summed E-state index contributed by atoms with van der Waals surface area (Å²) in [5.41, 5.74) is 1.12. The van der Waals surface area contributed by atoms with Gasteiger partial charge in [-0.05, 0) is 44.9 Å². The maximum atomic E-state index is 12.5. The number of carbonyl (C=O) groups is 3. The number of carbonyl (C=O) groups excluding carboxylic acids is 3. The monoisotopic (exact) mass is 461 g/mol. The van der Waals surface area contributed by atoms with Crippen molar-refractivity contribution in [2.45, 2.75) is 50.4 Å². The molecule has 1 heterocycles. The first-order chi connectivity index (χ1) is 15.0. The molecule has 0 aliphatic heterocycles. The van der Waals surface area contributed by atoms with Gasteiger partial charge in [-0.1, -0.05) is 36.1 Å². The van der Waals surface area contributed by atoms with Crippen LogP contribution in [0, 0.1) is 0 Å². The number of rotatable bonds is 10. The minimum absolute atomic E-state index is 0.0482. The van der Waals surface area contributed by atoms with Crippen LogP contribution in [0.25, 0.3) is 0 Å². The number of aromatic nitrogens is 2. The first-order valence-electron chi connectivity index (χ1n) is 10.4. The molecule has 1 aliphatic rings. The molecule has 2 aromatic rings. The van der Waals surface area contributed by atoms with E-state index in [9.17, 15) is 14.4 Å². The van der Waals surface area contributed by atoms with E-state index >= 15 is 0 Å². The molecule has 1 aromatic heterocycles. The number of hydrogen-bond acceptors (Lipinski definition) is 7. The number of hydrogen-bond donors (Lipinski definition) is 1. The highest BCUT2D eigenvalue weighted by Crippen LogP contribution is 2.36. The number of nitrogens with one attached hydrogen (secondary N) is 1. The smallest absolute Gasteiger partial charge is 0.253 e. The Kier molecular flexibility index (Phi) is 8.03. The second-order valence-corrected chi connectivity index (χ2v) is 9.27. The molecular weight excluding hydrogens is 434 g/mol. The lowest BCUT2D eigenvalue weighted by molar-refractivity contribution is -0.118. The summed E-state index contributed by atoms with van der Waals surface area (Å²) in [6.07, 6.45) is 2.41. The Morgan fingerprint density at radius 1 is 1.16 bits per heavy atom. The van der Waals surface area contributed by atoms with E-state index in [1.54, 1.807) is 34.1 Å². The molecule has 0 saturated heterocycles. The summed E-state index contributed by atoms with van der Waals surface area (Å²) >= 11 is 2.61. The van der Waals surface area contributed by atoms with E-state index in [0.717, 1.165) is 12.8 Å². The topological polar surface area (TPSA) is 95.5 Å². The summed E-state index contributed by atoms with van der Waals surface area (Å²) in [6.45, 7) is 6.97. The van der Waals surface area contributed by atoms with Gasteiger partial charge in [-0.25, -0.2) is 0 Å². The van der Waals surface area contributed by atoms with E-state index < -0.39 is 0 Å². The first-order valence-corrected chi connectivity index (χ1v) is 12.2. The molecule has 31 heavy (non-hydrogen) atoms. The van der Waals surface area contributed by atoms with Gasteiger partial charge in [-0.3, -0.25) is 19.3 Å². The van der Waals surface area contributed by atoms with Crippen LogP contribution in [-0.2, 0) is 9.59 Å². The molecule has 166 valence electrons. The van der Waals surface area contributed by atoms with Crippen LogP contribution in [-0.4, -0.2) is 57.7 Å². The van der Waals surface area contributed by atoms with E-state index in [1.165, 1.54) is 23.1 Å². The van der Waals surface area contributed by atoms with Crippen molar-refractivity contribution in [1.29, 1.82) is 0 Å². The number of benzene rings is 1. The van der Waals surface area contributed by atoms with Gasteiger partial charge in [0, 0.05) is 36.8 Å². The standard InChI is InChI=1S/C21H27N5O3S2/c1-4-18(28)26(16-10-11-16)20-23-24-21(31-20)30-13-17(27)22-15-9-7-8-14(12-15)19(29)25(5-2)6-3/h7-9,12,16H,4-6,10-11,13H2,1-3H3,(H,22,27). The van der Waals surface area contributed by atoms with E-state index in [0.29, 0.717) is 40.2 Å². The predicted molar refractivity (Wildman–Crippen MR) is 124 cm³/mol. The zero-order chi connectivity index (χ0) is 22.4. The van der Waals surface area contributed by atoms with Crippen molar-refractivity contribution in [3.05, 3.63) is 29.8 Å². The van der Waals surface area contributed by atoms with Crippen LogP contribution in [0.4, 0.5) is 10.8 Å². The first kappa shape index (κ1) is 23.2. The summed E-state index contributed by atoms with van der Waals surface area (Å²) in [5, 5.41) is 11.7. The average molecular weight is 462 g/mol. The molecular formula is C21H27N5O3S2. The lowest BCUT2D eigenvalue weighted by Crippen LogP contribution is -2.32. The second kappa shape index (κ2) is 10.7. The molecule has 3 amide bonds. The fourth-order valence-electron chi connectivity index (χ4n) is 3.08. The van der Waals surface area contributed by atoms with Crippen molar-refractivity contribution < 1.29 is 14.4 Å². The Labute approximate surface area is 190 Å². The van der Waals surface area contributed by atoms with Crippen LogP contribution in [0.2, 0.25) is 0 Å². The van der Waals surface area contributed by atoms with Crippen molar-refractivity contribution in [1.82, 2.24) is 15.1 Å². The SMILES string of the molecule is CCC(=O)N(c1nnc(SCC(=O)Nc2cccc(C(=O)N(CC)CC)c2)s1)C1CC1. The van der Waals surface area contributed by atoms with E-state index in [1.807, 2.05) is 20.8 Å². The molecule has 1 aliphatic carbocycles. The molecule has 0 radical (unpaired) electrons. The molecule has 0 atom stereocenters. The van der Waals surface area contributed by atoms with Gasteiger partial charge < -0.3 is 10.2 Å². The van der Waals surface area contributed by atoms with Crippen molar-refractivity contribution in [2.24, 2.45) is 0 Å². The Morgan fingerprint density at radius 3 is 2.55 bits per heavy atom. The molecule has 0 spiro atoms. The molecule has 8 nitrogen and oxygen atoms in total. The fourth-order valence-corrected chi connectivity index (χ4v) is 4.81. The third-order valence-electron chi connectivity index (χ3n) is 4.86. The highest BCUT2D eigenvalue weighted by molar-refractivity contribution is 8.01. The van der Waals surface area contributed by atoms with E-state index in [2.05, 4.69) is 15.5 Å². The summed E-state index contributed by atoms with van der Waals surface area (Å²) in [7, 11) is 0. The highest BCUT2D eigenvalue weighted by Gasteiger charge is 2.35. The molecule has 0 bridgehead atoms. The minimum Gasteiger partial charge on any atom is -0.339 e. The number of nitrogens with zero attached hydrogens (tertiary/aromatic N) is 4. The summed E-state index contributed by atoms with van der Waals surface area (Å²) < 4.78 is 0.644. The molecule has 1 fully saturated rings. The van der Waals surface area contributed by atoms with Gasteiger partial charge in [0.25, 0.3) is 5.91 Å². The molecule has 3 rings (SSSR count). The normalized spacial score (nSPS) is 13.0. The van der Waals surface area contributed by atoms with Gasteiger partial charge in [0.1, 0.15) is 0 Å². The van der Waals surface area contributed by atoms with Gasteiger partial charge in [0.05, 0.1) is 5.75 Å². The van der Waals surface area contributed by atoms with Crippen LogP contribution >= 0.6 is 23.1 Å². The van der Waals surface area contributed by atoms with Crippen LogP contribution in [0.15, 0.2) is 28.6 Å². The Morgan fingerprint density at radius 2 is 1.90 bits per heavy atom. The lowest BCUT2D eigenvalue weighted by atomic mass is 10.1. The largest absolute Gasteiger partial charge is 0.339 e. The number of anilines is 2. The number of thioether (sulfide) groups is 1. The highest BCUT2D eigenvalue weighted by atomic mass is 32.2. The van der Waals surface area contributed by atoms with E-state index in [4.69, 9.17) is 0 Å². The minimum atomic E-state index is -0.196. The zero-order valence-electron chi connectivity index (χ0n) is 18.0. The van der Waals surface area contributed by atoms with Gasteiger partial charge >= 0.3 is 0 Å². The van der Waals surface area contributed by atoms with Crippen LogP contribution in [0.1, 0.15) is 50.4 Å². The molecule has 1 N–H and O–H groups in total. The average Bonchev–Trinajstić information content (AvgIpc) is 3.50. The van der Waals surface area contributed by atoms with Gasteiger partial charge in [0.15, 0.2) is 4.34 Å². The van der Waals surface area contributed by atoms with Crippen molar-refractivity contribution in [3.8, 4) is 0 Å². The summed E-state index contributed by atoms with van der Waals surface area (Å²) in [6, 6.07) is 7.18. The van der Waals surface area contributed by atoms with Crippen molar-refractivity contribution >= 4 is 51.6 Å². The van der Waals surface area contributed by atoms with Gasteiger partial charge in [-0.2, -0.15) is 0 Å². The van der Waals surface area contributed by atoms with Crippen LogP contribution in [0.3, 0.4) is 0 Å². The summed E-state index contributed by atoms with van der Waals surface area (Å²) in [5.74, 6) is -0.0442. The third kappa shape index (κ3) is 6.04. The third-order valence-corrected chi connectivity index (χ3v) is 6.91. The quantitative estimate of drug-likeness (QED) is 0.429. The molecule has 1 saturated carbocycles. The number of amides is 3. The fraction of sp³-hybridized carbons (Fsp3) is 0.476. The Balaban J connectivity index is 1.56. The van der Waals surface area contributed by atoms with Crippen molar-refractivity contribution in [3.63, 3.8) is 0 Å². The maximum Gasteiger partial charge on any atom is 0.253 e. The molecule has 0 unspecified atom stereocenters. The van der Waals surface area contributed by atoms with E-state index in [-0.39, 0.29) is 29.5 Å². The maximum absolute atomic E-state index is 12.5. The zero-order valence-corrected chi connectivity index (χ0v) is 19.6.